The molecule has 6 heteroatoms. The molecule has 0 amide bonds. The van der Waals surface area contributed by atoms with Crippen molar-refractivity contribution in [3.63, 3.8) is 0 Å². The fraction of sp³-hybridized carbons (Fsp3) is 1.00. The summed E-state index contributed by atoms with van der Waals surface area (Å²) in [6, 6.07) is 0.146. The van der Waals surface area contributed by atoms with Gasteiger partial charge in [0.05, 0.1) is 5.25 Å². The summed E-state index contributed by atoms with van der Waals surface area (Å²) >= 11 is 0. The van der Waals surface area contributed by atoms with Crippen molar-refractivity contribution in [2.45, 2.75) is 37.5 Å². The zero-order valence-electron chi connectivity index (χ0n) is 10.4. The molecule has 2 heterocycles. The largest absolute Gasteiger partial charge is 0.381 e. The van der Waals surface area contributed by atoms with E-state index < -0.39 is 10.0 Å². The van der Waals surface area contributed by atoms with Crippen LogP contribution in [-0.2, 0) is 14.8 Å². The van der Waals surface area contributed by atoms with Gasteiger partial charge in [-0.3, -0.25) is 0 Å². The summed E-state index contributed by atoms with van der Waals surface area (Å²) in [6.07, 6.45) is 2.20. The molecule has 0 spiro atoms. The van der Waals surface area contributed by atoms with Gasteiger partial charge in [-0.15, -0.1) is 0 Å². The number of rotatable bonds is 4. The van der Waals surface area contributed by atoms with Gasteiger partial charge in [0.25, 0.3) is 0 Å². The normalized spacial score (nSPS) is 27.8. The Morgan fingerprint density at radius 3 is 2.53 bits per heavy atom. The molecule has 2 aliphatic rings. The quantitative estimate of drug-likeness (QED) is 0.785. The van der Waals surface area contributed by atoms with Gasteiger partial charge in [0.15, 0.2) is 0 Å². The van der Waals surface area contributed by atoms with Gasteiger partial charge < -0.3 is 10.1 Å². The molecule has 0 radical (unpaired) electrons. The van der Waals surface area contributed by atoms with Gasteiger partial charge in [-0.25, -0.2) is 8.42 Å². The predicted octanol–water partition coefficient (Wildman–Crippen LogP) is 0.179. The van der Waals surface area contributed by atoms with Gasteiger partial charge in [0, 0.05) is 32.3 Å². The van der Waals surface area contributed by atoms with Crippen LogP contribution >= 0.6 is 0 Å². The van der Waals surface area contributed by atoms with E-state index >= 15 is 0 Å². The molecule has 2 aliphatic heterocycles. The van der Waals surface area contributed by atoms with E-state index in [-0.39, 0.29) is 11.3 Å². The van der Waals surface area contributed by atoms with Gasteiger partial charge in [-0.05, 0) is 25.8 Å². The third-order valence-corrected chi connectivity index (χ3v) is 6.19. The first-order valence-electron chi connectivity index (χ1n) is 6.45. The summed E-state index contributed by atoms with van der Waals surface area (Å²) in [7, 11) is -3.14. The Hall–Kier alpha value is -0.170. The highest BCUT2D eigenvalue weighted by atomic mass is 32.2. The lowest BCUT2D eigenvalue weighted by Crippen LogP contribution is -2.47. The maximum absolute atomic E-state index is 12.5. The van der Waals surface area contributed by atoms with Crippen molar-refractivity contribution in [2.24, 2.45) is 0 Å². The number of likely N-dealkylation sites (N-methyl/N-ethyl adjacent to an activating group) is 1. The Kier molecular flexibility index (Phi) is 4.41. The van der Waals surface area contributed by atoms with Crippen molar-refractivity contribution in [2.75, 3.05) is 32.8 Å². The minimum atomic E-state index is -3.14. The SMILES string of the molecule is CCN(C1CCNC1)S(=O)(=O)C1CCOCC1. The highest BCUT2D eigenvalue weighted by molar-refractivity contribution is 7.89. The zero-order valence-corrected chi connectivity index (χ0v) is 11.2. The lowest BCUT2D eigenvalue weighted by molar-refractivity contribution is 0.0969. The smallest absolute Gasteiger partial charge is 0.217 e. The summed E-state index contributed by atoms with van der Waals surface area (Å²) in [5.41, 5.74) is 0. The van der Waals surface area contributed by atoms with E-state index in [0.29, 0.717) is 32.6 Å². The van der Waals surface area contributed by atoms with Gasteiger partial charge in [-0.1, -0.05) is 6.92 Å². The average Bonchev–Trinajstić information content (AvgIpc) is 2.84. The molecule has 5 nitrogen and oxygen atoms in total. The molecule has 0 aliphatic carbocycles. The molecule has 2 rings (SSSR count). The monoisotopic (exact) mass is 262 g/mol. The van der Waals surface area contributed by atoms with Gasteiger partial charge in [-0.2, -0.15) is 4.31 Å². The number of ether oxygens (including phenoxy) is 1. The molecule has 0 saturated carbocycles. The van der Waals surface area contributed by atoms with Crippen molar-refractivity contribution >= 4 is 10.0 Å². The lowest BCUT2D eigenvalue weighted by Gasteiger charge is -2.32. The molecular formula is C11H22N2O3S. The average molecular weight is 262 g/mol. The van der Waals surface area contributed by atoms with Gasteiger partial charge in [0.2, 0.25) is 10.0 Å². The van der Waals surface area contributed by atoms with Crippen LogP contribution in [0.15, 0.2) is 0 Å². The summed E-state index contributed by atoms with van der Waals surface area (Å²) in [6.45, 7) is 5.36. The molecule has 0 aromatic heterocycles. The van der Waals surface area contributed by atoms with Crippen LogP contribution in [0.25, 0.3) is 0 Å². The molecule has 2 fully saturated rings. The predicted molar refractivity (Wildman–Crippen MR) is 66.4 cm³/mol. The van der Waals surface area contributed by atoms with Crippen LogP contribution in [0, 0.1) is 0 Å². The van der Waals surface area contributed by atoms with Gasteiger partial charge in [0.1, 0.15) is 0 Å². The van der Waals surface area contributed by atoms with Crippen LogP contribution in [-0.4, -0.2) is 56.9 Å². The van der Waals surface area contributed by atoms with Crippen molar-refractivity contribution in [1.29, 1.82) is 0 Å². The number of hydrogen-bond donors (Lipinski definition) is 1. The minimum absolute atomic E-state index is 0.146. The molecule has 2 saturated heterocycles. The van der Waals surface area contributed by atoms with Crippen LogP contribution < -0.4 is 5.32 Å². The number of sulfonamides is 1. The van der Waals surface area contributed by atoms with E-state index in [1.165, 1.54) is 0 Å². The Morgan fingerprint density at radius 1 is 1.29 bits per heavy atom. The number of nitrogens with zero attached hydrogens (tertiary/aromatic N) is 1. The molecule has 0 aromatic carbocycles. The van der Waals surface area contributed by atoms with Crippen molar-refractivity contribution in [1.82, 2.24) is 9.62 Å². The van der Waals surface area contributed by atoms with E-state index in [9.17, 15) is 8.42 Å². The summed E-state index contributed by atoms with van der Waals surface area (Å²) in [4.78, 5) is 0. The molecule has 0 bridgehead atoms. The van der Waals surface area contributed by atoms with Crippen LogP contribution in [0.5, 0.6) is 0 Å². The van der Waals surface area contributed by atoms with Crippen molar-refractivity contribution in [3.8, 4) is 0 Å². The van der Waals surface area contributed by atoms with E-state index in [2.05, 4.69) is 5.32 Å². The standard InChI is InChI=1S/C11H22N2O3S/c1-2-13(10-3-6-12-9-10)17(14,15)11-4-7-16-8-5-11/h10-12H,2-9H2,1H3. The molecule has 1 atom stereocenters. The highest BCUT2D eigenvalue weighted by Crippen LogP contribution is 2.23. The minimum Gasteiger partial charge on any atom is -0.381 e. The fourth-order valence-corrected chi connectivity index (χ4v) is 4.82. The van der Waals surface area contributed by atoms with Gasteiger partial charge >= 0.3 is 0 Å². The summed E-state index contributed by atoms with van der Waals surface area (Å²) in [5, 5.41) is 2.99. The second-order valence-corrected chi connectivity index (χ2v) is 6.87. The second kappa shape index (κ2) is 5.65. The molecule has 17 heavy (non-hydrogen) atoms. The molecular weight excluding hydrogens is 240 g/mol. The van der Waals surface area contributed by atoms with E-state index in [0.717, 1.165) is 19.5 Å². The summed E-state index contributed by atoms with van der Waals surface area (Å²) < 4.78 is 32.0. The first-order chi connectivity index (χ1) is 8.16. The third kappa shape index (κ3) is 2.81. The van der Waals surface area contributed by atoms with Crippen LogP contribution in [0.1, 0.15) is 26.2 Å². The van der Waals surface area contributed by atoms with Crippen LogP contribution in [0.4, 0.5) is 0 Å². The number of hydrogen-bond acceptors (Lipinski definition) is 4. The lowest BCUT2D eigenvalue weighted by atomic mass is 10.2. The van der Waals surface area contributed by atoms with E-state index in [4.69, 9.17) is 4.74 Å². The Morgan fingerprint density at radius 2 is 2.00 bits per heavy atom. The molecule has 1 unspecified atom stereocenters. The Bertz CT molecular complexity index is 333. The van der Waals surface area contributed by atoms with Crippen molar-refractivity contribution in [3.05, 3.63) is 0 Å². The Balaban J connectivity index is 2.10. The van der Waals surface area contributed by atoms with Crippen LogP contribution in [0.2, 0.25) is 0 Å². The molecule has 1 N–H and O–H groups in total. The topological polar surface area (TPSA) is 58.6 Å². The van der Waals surface area contributed by atoms with Crippen molar-refractivity contribution < 1.29 is 13.2 Å². The van der Waals surface area contributed by atoms with E-state index in [1.54, 1.807) is 4.31 Å². The second-order valence-electron chi connectivity index (χ2n) is 4.71. The molecule has 0 aromatic rings. The maximum atomic E-state index is 12.5. The maximum Gasteiger partial charge on any atom is 0.217 e. The fourth-order valence-electron chi connectivity index (χ4n) is 2.70. The van der Waals surface area contributed by atoms with Crippen LogP contribution in [0.3, 0.4) is 0 Å². The first kappa shape index (κ1) is 13.3. The zero-order chi connectivity index (χ0) is 12.3. The Labute approximate surface area is 104 Å². The first-order valence-corrected chi connectivity index (χ1v) is 7.95. The third-order valence-electron chi connectivity index (χ3n) is 3.67. The summed E-state index contributed by atoms with van der Waals surface area (Å²) in [5.74, 6) is 0. The molecule has 100 valence electrons. The van der Waals surface area contributed by atoms with E-state index in [1.807, 2.05) is 6.92 Å². The number of nitrogens with one attached hydrogen (secondary N) is 1. The highest BCUT2D eigenvalue weighted by Gasteiger charge is 2.37.